The van der Waals surface area contributed by atoms with E-state index < -0.39 is 23.2 Å². The van der Waals surface area contributed by atoms with Crippen LogP contribution in [0, 0.1) is 0 Å². The predicted octanol–water partition coefficient (Wildman–Crippen LogP) is 1.08. The number of allylic oxidation sites excluding steroid dienone is 5. The first-order valence-corrected chi connectivity index (χ1v) is 11.7. The first kappa shape index (κ1) is 23.5. The fourth-order valence-electron chi connectivity index (χ4n) is 4.55. The van der Waals surface area contributed by atoms with Crippen molar-refractivity contribution in [2.45, 2.75) is 51.1 Å². The molecule has 2 aliphatic rings. The first-order chi connectivity index (χ1) is 11.8. The average molecular weight is 660 g/mol. The van der Waals surface area contributed by atoms with Gasteiger partial charge < -0.3 is 48.0 Å². The van der Waals surface area contributed by atoms with Crippen LogP contribution in [0.25, 0.3) is 14.1 Å². The molecule has 0 unspecified atom stereocenters. The maximum absolute atomic E-state index is 2.52. The van der Waals surface area contributed by atoms with E-state index >= 15 is 0 Å². The molecule has 0 nitrogen and oxygen atoms in total. The second kappa shape index (κ2) is 8.56. The molecule has 2 aromatic rings. The van der Waals surface area contributed by atoms with E-state index in [1.807, 2.05) is 0 Å². The molecular weight excluding hydrogens is 633 g/mol. The van der Waals surface area contributed by atoms with Gasteiger partial charge in [0.25, 0.3) is 0 Å². The van der Waals surface area contributed by atoms with Crippen molar-refractivity contribution in [3.8, 4) is 0 Å². The minimum Gasteiger partial charge on any atom is -1.00 e. The van der Waals surface area contributed by atoms with Gasteiger partial charge in [-0.05, 0) is 0 Å². The van der Waals surface area contributed by atoms with Crippen LogP contribution in [0.3, 0.4) is 0 Å². The Bertz CT molecular complexity index is 984. The van der Waals surface area contributed by atoms with Gasteiger partial charge >= 0.3 is 164 Å². The normalized spacial score (nSPS) is 17.7. The third kappa shape index (κ3) is 3.63. The van der Waals surface area contributed by atoms with Gasteiger partial charge in [-0.3, -0.25) is 0 Å². The molecule has 27 heavy (non-hydrogen) atoms. The van der Waals surface area contributed by atoms with E-state index in [1.54, 1.807) is 31.1 Å². The maximum Gasteiger partial charge on any atom is -1.00 e. The van der Waals surface area contributed by atoms with Gasteiger partial charge in [0.05, 0.1) is 0 Å². The largest absolute Gasteiger partial charge is 1.00 e. The summed E-state index contributed by atoms with van der Waals surface area (Å²) in [7, 11) is 0. The smallest absolute Gasteiger partial charge is 1.00 e. The number of hydrogen-bond donors (Lipinski definition) is 0. The van der Waals surface area contributed by atoms with Crippen LogP contribution in [0.5, 0.6) is 0 Å². The van der Waals surface area contributed by atoms with Crippen molar-refractivity contribution in [3.63, 3.8) is 0 Å². The molecule has 2 aromatic carbocycles. The van der Waals surface area contributed by atoms with Gasteiger partial charge in [-0.1, -0.05) is 0 Å². The van der Waals surface area contributed by atoms with Crippen molar-refractivity contribution < 1.29 is 71.2 Å². The molecule has 0 N–H and O–H groups in total. The van der Waals surface area contributed by atoms with Crippen molar-refractivity contribution in [1.29, 1.82) is 0 Å². The number of fused-ring (bicyclic) bond motifs is 3. The molecule has 0 heterocycles. The zero-order chi connectivity index (χ0) is 17.9. The minimum absolute atomic E-state index is 0. The SMILES string of the molecule is CC1=[C]([Zr+2][C]2(C)C(C)=C(C)C(C)=C2C)c2c(ccc3ccccc23)C1.[I-].[I-]. The van der Waals surface area contributed by atoms with Crippen molar-refractivity contribution >= 4 is 14.1 Å². The molecule has 0 saturated carbocycles. The average Bonchev–Trinajstić information content (AvgIpc) is 3.00. The number of benzene rings is 2. The van der Waals surface area contributed by atoms with Gasteiger partial charge in [0, 0.05) is 0 Å². The Morgan fingerprint density at radius 1 is 0.815 bits per heavy atom. The standard InChI is InChI=1S/C14H11.C10H15.2HI.Zr/c1-10-8-12-7-6-11-4-2-3-5-13(11)14(12)9-10;1-6-7(2)9(4)10(5)8(6)3;;;/h2-7H,8H2,1H3;1-5H3;2*1H;/q;;;;+2/p-2. The number of halogens is 2. The van der Waals surface area contributed by atoms with Crippen LogP contribution in [0.4, 0.5) is 0 Å². The molecule has 0 saturated heterocycles. The Balaban J connectivity index is 0.00000131. The summed E-state index contributed by atoms with van der Waals surface area (Å²) in [6.07, 6.45) is 1.15. The summed E-state index contributed by atoms with van der Waals surface area (Å²) in [5.74, 6) is 0. The zero-order valence-corrected chi connectivity index (χ0v) is 23.7. The molecule has 0 bridgehead atoms. The molecule has 3 heteroatoms. The second-order valence-corrected chi connectivity index (χ2v) is 12.2. The predicted molar refractivity (Wildman–Crippen MR) is 105 cm³/mol. The summed E-state index contributed by atoms with van der Waals surface area (Å²) in [5.41, 5.74) is 11.1. The third-order valence-electron chi connectivity index (χ3n) is 6.71. The third-order valence-corrected chi connectivity index (χ3v) is 12.1. The van der Waals surface area contributed by atoms with Crippen molar-refractivity contribution in [2.24, 2.45) is 0 Å². The quantitative estimate of drug-likeness (QED) is 0.424. The molecule has 140 valence electrons. The summed E-state index contributed by atoms with van der Waals surface area (Å²) in [5, 5.41) is 2.85. The van der Waals surface area contributed by atoms with Crippen molar-refractivity contribution in [1.82, 2.24) is 0 Å². The zero-order valence-electron chi connectivity index (χ0n) is 16.9. The van der Waals surface area contributed by atoms with Gasteiger partial charge in [0.1, 0.15) is 0 Å². The van der Waals surface area contributed by atoms with Gasteiger partial charge in [-0.2, -0.15) is 0 Å². The topological polar surface area (TPSA) is 0 Å². The molecule has 0 aromatic heterocycles. The monoisotopic (exact) mass is 658 g/mol. The van der Waals surface area contributed by atoms with E-state index in [-0.39, 0.29) is 48.0 Å². The molecule has 4 rings (SSSR count). The van der Waals surface area contributed by atoms with Crippen LogP contribution >= 0.6 is 0 Å². The van der Waals surface area contributed by atoms with Gasteiger partial charge in [-0.25, -0.2) is 0 Å². The van der Waals surface area contributed by atoms with Crippen LogP contribution in [-0.4, -0.2) is 0 Å². The molecule has 0 radical (unpaired) electrons. The van der Waals surface area contributed by atoms with E-state index in [0.717, 1.165) is 6.42 Å². The fourth-order valence-corrected chi connectivity index (χ4v) is 9.39. The van der Waals surface area contributed by atoms with E-state index in [4.69, 9.17) is 0 Å². The molecule has 0 spiro atoms. The minimum atomic E-state index is -0.827. The van der Waals surface area contributed by atoms with E-state index in [9.17, 15) is 0 Å². The first-order valence-electron chi connectivity index (χ1n) is 9.20. The Hall–Kier alpha value is 0.263. The van der Waals surface area contributed by atoms with Crippen LogP contribution < -0.4 is 48.0 Å². The Labute approximate surface area is 209 Å². The summed E-state index contributed by atoms with van der Waals surface area (Å²) in [6, 6.07) is 13.6. The molecule has 0 amide bonds. The summed E-state index contributed by atoms with van der Waals surface area (Å²) >= 11 is -0.827. The van der Waals surface area contributed by atoms with E-state index in [1.165, 1.54) is 21.9 Å². The van der Waals surface area contributed by atoms with Crippen molar-refractivity contribution in [2.75, 3.05) is 0 Å². The van der Waals surface area contributed by atoms with Gasteiger partial charge in [0.15, 0.2) is 0 Å². The van der Waals surface area contributed by atoms with Crippen molar-refractivity contribution in [3.05, 3.63) is 75.4 Å². The summed E-state index contributed by atoms with van der Waals surface area (Å²) in [4.78, 5) is 0. The molecule has 2 aliphatic carbocycles. The van der Waals surface area contributed by atoms with E-state index in [0.29, 0.717) is 3.12 Å². The maximum atomic E-state index is 2.52. The van der Waals surface area contributed by atoms with Gasteiger partial charge in [-0.15, -0.1) is 0 Å². The van der Waals surface area contributed by atoms with E-state index in [2.05, 4.69) is 77.9 Å². The van der Waals surface area contributed by atoms with Crippen LogP contribution in [0.1, 0.15) is 52.7 Å². The second-order valence-electron chi connectivity index (χ2n) is 7.90. The molecule has 0 aliphatic heterocycles. The van der Waals surface area contributed by atoms with Crippen LogP contribution in [0.15, 0.2) is 64.3 Å². The van der Waals surface area contributed by atoms with Crippen LogP contribution in [0.2, 0.25) is 3.12 Å². The Morgan fingerprint density at radius 3 is 2.04 bits per heavy atom. The number of hydrogen-bond acceptors (Lipinski definition) is 0. The summed E-state index contributed by atoms with van der Waals surface area (Å²) < 4.78 is 2.08. The summed E-state index contributed by atoms with van der Waals surface area (Å²) in [6.45, 7) is 14.3. The molecule has 0 fully saturated rings. The Kier molecular flexibility index (Phi) is 7.46. The molecular formula is C24H26I2Zr. The molecule has 0 atom stereocenters. The number of rotatable bonds is 2. The fraction of sp³-hybridized carbons (Fsp3) is 0.333. The Morgan fingerprint density at radius 2 is 1.41 bits per heavy atom. The van der Waals surface area contributed by atoms with Crippen LogP contribution in [-0.2, 0) is 29.7 Å². The van der Waals surface area contributed by atoms with Gasteiger partial charge in [0.2, 0.25) is 0 Å².